The molecule has 0 saturated carbocycles. The van der Waals surface area contributed by atoms with E-state index in [2.05, 4.69) is 38.8 Å². The number of nitrogens with zero attached hydrogens (tertiary/aromatic N) is 1. The van der Waals surface area contributed by atoms with Gasteiger partial charge < -0.3 is 4.90 Å². The van der Waals surface area contributed by atoms with Gasteiger partial charge in [0.1, 0.15) is 0 Å². The van der Waals surface area contributed by atoms with Crippen molar-refractivity contribution in [3.63, 3.8) is 0 Å². The van der Waals surface area contributed by atoms with Crippen LogP contribution in [0.5, 0.6) is 0 Å². The third kappa shape index (κ3) is 4.17. The molecule has 1 rings (SSSR count). The summed E-state index contributed by atoms with van der Waals surface area (Å²) in [6, 6.07) is 0. The van der Waals surface area contributed by atoms with Crippen molar-refractivity contribution in [3.05, 3.63) is 11.8 Å². The molecule has 0 aromatic heterocycles. The standard InChI is InChI=1S/C13H25N/c1-11(2)9-13-5-7-14(8-6-13)10-12(3)4/h10-11,13H,5-9H2,1-4H3. The molecule has 0 atom stereocenters. The van der Waals surface area contributed by atoms with E-state index >= 15 is 0 Å². The molecule has 1 aliphatic rings. The monoisotopic (exact) mass is 195 g/mol. The van der Waals surface area contributed by atoms with Crippen LogP contribution in [0.25, 0.3) is 0 Å². The van der Waals surface area contributed by atoms with Crippen LogP contribution in [0.15, 0.2) is 11.8 Å². The topological polar surface area (TPSA) is 3.24 Å². The Morgan fingerprint density at radius 1 is 1.29 bits per heavy atom. The average Bonchev–Trinajstić information content (AvgIpc) is 2.06. The molecule has 1 aliphatic heterocycles. The quantitative estimate of drug-likeness (QED) is 0.664. The fraction of sp³-hybridized carbons (Fsp3) is 0.846. The summed E-state index contributed by atoms with van der Waals surface area (Å²) in [5, 5.41) is 0. The lowest BCUT2D eigenvalue weighted by Gasteiger charge is -2.32. The van der Waals surface area contributed by atoms with Crippen LogP contribution in [-0.4, -0.2) is 18.0 Å². The second-order valence-corrected chi connectivity index (χ2v) is 5.32. The molecule has 0 N–H and O–H groups in total. The fourth-order valence-electron chi connectivity index (χ4n) is 2.35. The number of hydrogen-bond donors (Lipinski definition) is 0. The van der Waals surface area contributed by atoms with Gasteiger partial charge in [0.25, 0.3) is 0 Å². The molecule has 0 aromatic carbocycles. The van der Waals surface area contributed by atoms with Gasteiger partial charge in [-0.05, 0) is 51.1 Å². The van der Waals surface area contributed by atoms with Crippen molar-refractivity contribution in [3.8, 4) is 0 Å². The van der Waals surface area contributed by atoms with Crippen LogP contribution < -0.4 is 0 Å². The predicted octanol–water partition coefficient (Wildman–Crippen LogP) is 3.67. The van der Waals surface area contributed by atoms with E-state index in [-0.39, 0.29) is 0 Å². The molecular weight excluding hydrogens is 170 g/mol. The van der Waals surface area contributed by atoms with Crippen LogP contribution in [0.3, 0.4) is 0 Å². The molecule has 1 heteroatoms. The second kappa shape index (κ2) is 5.43. The average molecular weight is 195 g/mol. The molecule has 1 nitrogen and oxygen atoms in total. The number of piperidine rings is 1. The highest BCUT2D eigenvalue weighted by Gasteiger charge is 2.17. The lowest BCUT2D eigenvalue weighted by Crippen LogP contribution is -2.30. The summed E-state index contributed by atoms with van der Waals surface area (Å²) in [6.07, 6.45) is 6.51. The minimum atomic E-state index is 0.870. The zero-order valence-electron chi connectivity index (χ0n) is 10.2. The summed E-state index contributed by atoms with van der Waals surface area (Å²) in [4.78, 5) is 2.48. The maximum Gasteiger partial charge on any atom is 0.0175 e. The Hall–Kier alpha value is -0.460. The summed E-state index contributed by atoms with van der Waals surface area (Å²) in [6.45, 7) is 11.6. The number of allylic oxidation sites excluding steroid dienone is 1. The van der Waals surface area contributed by atoms with Crippen molar-refractivity contribution in [1.82, 2.24) is 4.90 Å². The van der Waals surface area contributed by atoms with Gasteiger partial charge in [0.15, 0.2) is 0 Å². The van der Waals surface area contributed by atoms with Gasteiger partial charge >= 0.3 is 0 Å². The Kier molecular flexibility index (Phi) is 4.50. The Morgan fingerprint density at radius 2 is 1.86 bits per heavy atom. The summed E-state index contributed by atoms with van der Waals surface area (Å²) in [7, 11) is 0. The van der Waals surface area contributed by atoms with Gasteiger partial charge in [0.05, 0.1) is 0 Å². The minimum absolute atomic E-state index is 0.870. The summed E-state index contributed by atoms with van der Waals surface area (Å²) >= 11 is 0. The van der Waals surface area contributed by atoms with Crippen molar-refractivity contribution in [2.45, 2.75) is 47.0 Å². The Morgan fingerprint density at radius 3 is 2.29 bits per heavy atom. The molecule has 0 aromatic rings. The van der Waals surface area contributed by atoms with E-state index in [1.807, 2.05) is 0 Å². The lowest BCUT2D eigenvalue weighted by atomic mass is 9.89. The van der Waals surface area contributed by atoms with E-state index in [0.717, 1.165) is 11.8 Å². The summed E-state index contributed by atoms with van der Waals surface area (Å²) < 4.78 is 0. The smallest absolute Gasteiger partial charge is 0.0175 e. The van der Waals surface area contributed by atoms with Crippen molar-refractivity contribution in [1.29, 1.82) is 0 Å². The molecule has 1 saturated heterocycles. The minimum Gasteiger partial charge on any atom is -0.377 e. The number of hydrogen-bond acceptors (Lipinski definition) is 1. The maximum atomic E-state index is 2.48. The van der Waals surface area contributed by atoms with Gasteiger partial charge in [-0.1, -0.05) is 19.4 Å². The zero-order chi connectivity index (χ0) is 10.6. The number of likely N-dealkylation sites (tertiary alicyclic amines) is 1. The predicted molar refractivity (Wildman–Crippen MR) is 63.2 cm³/mol. The Bertz CT molecular complexity index is 181. The molecular formula is C13H25N. The molecule has 1 fully saturated rings. The van der Waals surface area contributed by atoms with Gasteiger partial charge in [0.2, 0.25) is 0 Å². The molecule has 0 aliphatic carbocycles. The first-order valence-corrected chi connectivity index (χ1v) is 5.97. The maximum absolute atomic E-state index is 2.48. The Labute approximate surface area is 89.2 Å². The van der Waals surface area contributed by atoms with Crippen LogP contribution in [-0.2, 0) is 0 Å². The normalized spacial score (nSPS) is 18.8. The molecule has 0 spiro atoms. The van der Waals surface area contributed by atoms with Crippen molar-refractivity contribution >= 4 is 0 Å². The van der Waals surface area contributed by atoms with Gasteiger partial charge in [-0.3, -0.25) is 0 Å². The van der Waals surface area contributed by atoms with E-state index in [1.165, 1.54) is 37.9 Å². The van der Waals surface area contributed by atoms with Crippen LogP contribution in [0.4, 0.5) is 0 Å². The lowest BCUT2D eigenvalue weighted by molar-refractivity contribution is 0.219. The molecule has 0 amide bonds. The van der Waals surface area contributed by atoms with E-state index in [9.17, 15) is 0 Å². The summed E-state index contributed by atoms with van der Waals surface area (Å²) in [5.41, 5.74) is 1.42. The third-order valence-corrected chi connectivity index (χ3v) is 2.89. The van der Waals surface area contributed by atoms with E-state index in [0.29, 0.717) is 0 Å². The zero-order valence-corrected chi connectivity index (χ0v) is 10.2. The highest BCUT2D eigenvalue weighted by Crippen LogP contribution is 2.24. The van der Waals surface area contributed by atoms with Crippen molar-refractivity contribution in [2.75, 3.05) is 13.1 Å². The SMILES string of the molecule is CC(C)=CN1CCC(CC(C)C)CC1. The van der Waals surface area contributed by atoms with Crippen LogP contribution in [0.1, 0.15) is 47.0 Å². The number of rotatable bonds is 3. The van der Waals surface area contributed by atoms with Gasteiger partial charge in [-0.15, -0.1) is 0 Å². The molecule has 0 bridgehead atoms. The van der Waals surface area contributed by atoms with Gasteiger partial charge in [0, 0.05) is 13.1 Å². The van der Waals surface area contributed by atoms with Gasteiger partial charge in [-0.2, -0.15) is 0 Å². The molecule has 0 unspecified atom stereocenters. The van der Waals surface area contributed by atoms with Crippen LogP contribution in [0, 0.1) is 11.8 Å². The van der Waals surface area contributed by atoms with Crippen molar-refractivity contribution < 1.29 is 0 Å². The first-order valence-electron chi connectivity index (χ1n) is 5.97. The summed E-state index contributed by atoms with van der Waals surface area (Å²) in [5.74, 6) is 1.85. The first kappa shape index (κ1) is 11.6. The largest absolute Gasteiger partial charge is 0.377 e. The molecule has 1 heterocycles. The highest BCUT2D eigenvalue weighted by atomic mass is 15.1. The second-order valence-electron chi connectivity index (χ2n) is 5.32. The van der Waals surface area contributed by atoms with Crippen LogP contribution >= 0.6 is 0 Å². The molecule has 14 heavy (non-hydrogen) atoms. The van der Waals surface area contributed by atoms with Crippen LogP contribution in [0.2, 0.25) is 0 Å². The Balaban J connectivity index is 2.28. The van der Waals surface area contributed by atoms with Gasteiger partial charge in [-0.25, -0.2) is 0 Å². The third-order valence-electron chi connectivity index (χ3n) is 2.89. The van der Waals surface area contributed by atoms with E-state index < -0.39 is 0 Å². The van der Waals surface area contributed by atoms with E-state index in [4.69, 9.17) is 0 Å². The molecule has 0 radical (unpaired) electrons. The fourth-order valence-corrected chi connectivity index (χ4v) is 2.35. The highest BCUT2D eigenvalue weighted by molar-refractivity contribution is 4.94. The van der Waals surface area contributed by atoms with E-state index in [1.54, 1.807) is 0 Å². The van der Waals surface area contributed by atoms with Crippen molar-refractivity contribution in [2.24, 2.45) is 11.8 Å². The first-order chi connectivity index (χ1) is 6.58. The molecule has 82 valence electrons.